The van der Waals surface area contributed by atoms with Gasteiger partial charge in [-0.2, -0.15) is 11.8 Å². The fourth-order valence-corrected chi connectivity index (χ4v) is 4.94. The van der Waals surface area contributed by atoms with Crippen molar-refractivity contribution < 1.29 is 30.0 Å². The zero-order chi connectivity index (χ0) is 21.2. The highest BCUT2D eigenvalue weighted by Crippen LogP contribution is 2.38. The van der Waals surface area contributed by atoms with E-state index in [0.717, 1.165) is 0 Å². The second kappa shape index (κ2) is 12.4. The zero-order valence-corrected chi connectivity index (χ0v) is 17.8. The Morgan fingerprint density at radius 2 is 2.10 bits per heavy atom. The fourth-order valence-electron chi connectivity index (χ4n) is 3.35. The summed E-state index contributed by atoms with van der Waals surface area (Å²) in [6.45, 7) is 0.118. The lowest BCUT2D eigenvalue weighted by molar-refractivity contribution is -0.137. The molecule has 1 saturated carbocycles. The van der Waals surface area contributed by atoms with Gasteiger partial charge in [-0.25, -0.2) is 0 Å². The van der Waals surface area contributed by atoms with Crippen LogP contribution in [-0.4, -0.2) is 62.3 Å². The third kappa shape index (κ3) is 8.56. The molecule has 1 aromatic rings. The molecule has 0 amide bonds. The van der Waals surface area contributed by atoms with E-state index in [1.807, 2.05) is 12.2 Å². The van der Waals surface area contributed by atoms with Crippen molar-refractivity contribution in [3.05, 3.63) is 41.4 Å². The van der Waals surface area contributed by atoms with Crippen LogP contribution in [0.15, 0.2) is 36.4 Å². The molecule has 0 aromatic heterocycles. The van der Waals surface area contributed by atoms with Gasteiger partial charge in [0.05, 0.1) is 18.3 Å². The van der Waals surface area contributed by atoms with Gasteiger partial charge in [-0.15, -0.1) is 0 Å². The van der Waals surface area contributed by atoms with E-state index in [9.17, 15) is 20.1 Å². The summed E-state index contributed by atoms with van der Waals surface area (Å²) in [7, 11) is 0. The molecular formula is C21H29ClO6S. The van der Waals surface area contributed by atoms with E-state index in [0.29, 0.717) is 42.2 Å². The van der Waals surface area contributed by atoms with Crippen molar-refractivity contribution in [3.8, 4) is 5.75 Å². The molecule has 8 heteroatoms. The highest BCUT2D eigenvalue weighted by atomic mass is 35.5. The van der Waals surface area contributed by atoms with Gasteiger partial charge in [0.2, 0.25) is 0 Å². The number of aliphatic hydroxyl groups excluding tert-OH is 3. The van der Waals surface area contributed by atoms with Gasteiger partial charge in [0.1, 0.15) is 12.4 Å². The van der Waals surface area contributed by atoms with E-state index in [1.165, 1.54) is 11.8 Å². The number of rotatable bonds is 12. The summed E-state index contributed by atoms with van der Waals surface area (Å²) in [6.07, 6.45) is 4.28. The number of carbonyl (C=O) groups is 1. The Bertz CT molecular complexity index is 670. The van der Waals surface area contributed by atoms with Gasteiger partial charge in [0.15, 0.2) is 0 Å². The normalized spacial score (nSPS) is 25.4. The Kier molecular flexibility index (Phi) is 10.3. The van der Waals surface area contributed by atoms with Crippen molar-refractivity contribution in [3.63, 3.8) is 0 Å². The molecule has 2 rings (SSSR count). The predicted molar refractivity (Wildman–Crippen MR) is 115 cm³/mol. The highest BCUT2D eigenvalue weighted by molar-refractivity contribution is 8.00. The van der Waals surface area contributed by atoms with Crippen molar-refractivity contribution in [2.45, 2.75) is 55.7 Å². The van der Waals surface area contributed by atoms with Gasteiger partial charge in [0.25, 0.3) is 0 Å². The number of aliphatic hydroxyl groups is 3. The molecule has 1 aliphatic rings. The zero-order valence-electron chi connectivity index (χ0n) is 16.2. The molecule has 0 bridgehead atoms. The van der Waals surface area contributed by atoms with E-state index < -0.39 is 24.3 Å². The quantitative estimate of drug-likeness (QED) is 0.290. The molecule has 5 atom stereocenters. The third-order valence-electron chi connectivity index (χ3n) is 4.83. The molecule has 6 nitrogen and oxygen atoms in total. The van der Waals surface area contributed by atoms with Crippen molar-refractivity contribution in [2.24, 2.45) is 5.92 Å². The molecule has 1 unspecified atom stereocenters. The number of carboxylic acids is 1. The summed E-state index contributed by atoms with van der Waals surface area (Å²) in [6, 6.07) is 6.96. The summed E-state index contributed by atoms with van der Waals surface area (Å²) in [5.41, 5.74) is 0. The van der Waals surface area contributed by atoms with Gasteiger partial charge in [-0.3, -0.25) is 4.79 Å². The summed E-state index contributed by atoms with van der Waals surface area (Å²) in [5.74, 6) is 0.0612. The SMILES string of the molecule is O=C(O)CCC/C=C/C[C@@H]1C(SC[C@H](O)COc2cccc(Cl)c2)[C@H](O)C[C@@H]1O. The Hall–Kier alpha value is -1.25. The maximum Gasteiger partial charge on any atom is 0.303 e. The molecule has 0 aliphatic heterocycles. The molecule has 4 N–H and O–H groups in total. The maximum absolute atomic E-state index is 10.5. The van der Waals surface area contributed by atoms with Crippen LogP contribution in [0.3, 0.4) is 0 Å². The topological polar surface area (TPSA) is 107 Å². The first kappa shape index (κ1) is 24.0. The number of benzene rings is 1. The van der Waals surface area contributed by atoms with Crippen LogP contribution >= 0.6 is 23.4 Å². The highest BCUT2D eigenvalue weighted by Gasteiger charge is 2.41. The van der Waals surface area contributed by atoms with E-state index in [4.69, 9.17) is 21.4 Å². The van der Waals surface area contributed by atoms with Crippen molar-refractivity contribution in [1.82, 2.24) is 0 Å². The number of halogens is 1. The molecule has 162 valence electrons. The molecular weight excluding hydrogens is 416 g/mol. The van der Waals surface area contributed by atoms with Crippen LogP contribution < -0.4 is 4.74 Å². The average molecular weight is 445 g/mol. The lowest BCUT2D eigenvalue weighted by Gasteiger charge is -2.23. The number of thioether (sulfide) groups is 1. The first-order valence-electron chi connectivity index (χ1n) is 9.77. The summed E-state index contributed by atoms with van der Waals surface area (Å²) < 4.78 is 5.55. The molecule has 1 fully saturated rings. The minimum Gasteiger partial charge on any atom is -0.491 e. The molecule has 0 radical (unpaired) electrons. The van der Waals surface area contributed by atoms with Crippen LogP contribution in [0.5, 0.6) is 5.75 Å². The predicted octanol–water partition coefficient (Wildman–Crippen LogP) is 3.12. The number of hydrogen-bond acceptors (Lipinski definition) is 6. The van der Waals surface area contributed by atoms with Gasteiger partial charge < -0.3 is 25.2 Å². The number of ether oxygens (including phenoxy) is 1. The molecule has 0 saturated heterocycles. The van der Waals surface area contributed by atoms with Crippen molar-refractivity contribution in [1.29, 1.82) is 0 Å². The molecule has 0 heterocycles. The van der Waals surface area contributed by atoms with E-state index >= 15 is 0 Å². The first-order chi connectivity index (χ1) is 13.9. The van der Waals surface area contributed by atoms with Gasteiger partial charge in [0, 0.05) is 34.8 Å². The Balaban J connectivity index is 1.75. The summed E-state index contributed by atoms with van der Waals surface area (Å²) in [5, 5.41) is 39.8. The lowest BCUT2D eigenvalue weighted by Crippen LogP contribution is -2.28. The van der Waals surface area contributed by atoms with Gasteiger partial charge in [-0.05, 0) is 37.5 Å². The molecule has 1 aromatic carbocycles. The standard InChI is InChI=1S/C21H29ClO6S/c22-14-6-5-7-16(10-14)28-12-15(23)13-29-21-17(18(24)11-19(21)25)8-3-1-2-4-9-20(26)27/h1,3,5-7,10,15,17-19,21,23-25H,2,4,8-9,11-13H2,(H,26,27)/b3-1+/t15-,17+,18+,19-,21?/m1/s1. The van der Waals surface area contributed by atoms with Gasteiger partial charge >= 0.3 is 5.97 Å². The number of carboxylic acid groups (broad SMARTS) is 1. The van der Waals surface area contributed by atoms with Crippen LogP contribution in [0.4, 0.5) is 0 Å². The summed E-state index contributed by atoms with van der Waals surface area (Å²) in [4.78, 5) is 10.5. The monoisotopic (exact) mass is 444 g/mol. The Morgan fingerprint density at radius 1 is 1.31 bits per heavy atom. The number of aliphatic carboxylic acids is 1. The van der Waals surface area contributed by atoms with Crippen LogP contribution in [-0.2, 0) is 4.79 Å². The van der Waals surface area contributed by atoms with Gasteiger partial charge in [-0.1, -0.05) is 29.8 Å². The third-order valence-corrected chi connectivity index (χ3v) is 6.70. The largest absolute Gasteiger partial charge is 0.491 e. The van der Waals surface area contributed by atoms with E-state index in [-0.39, 0.29) is 24.2 Å². The minimum absolute atomic E-state index is 0.105. The fraction of sp³-hybridized carbons (Fsp3) is 0.571. The number of allylic oxidation sites excluding steroid dienone is 2. The molecule has 0 spiro atoms. The number of hydrogen-bond donors (Lipinski definition) is 4. The van der Waals surface area contributed by atoms with Crippen LogP contribution in [0.2, 0.25) is 5.02 Å². The Labute approximate surface area is 180 Å². The average Bonchev–Trinajstić information content (AvgIpc) is 2.93. The van der Waals surface area contributed by atoms with Crippen LogP contribution in [0, 0.1) is 5.92 Å². The molecule has 1 aliphatic carbocycles. The second-order valence-corrected chi connectivity index (χ2v) is 8.89. The minimum atomic E-state index is -0.804. The molecule has 29 heavy (non-hydrogen) atoms. The smallest absolute Gasteiger partial charge is 0.303 e. The number of unbranched alkanes of at least 4 members (excludes halogenated alkanes) is 1. The Morgan fingerprint density at radius 3 is 2.83 bits per heavy atom. The van der Waals surface area contributed by atoms with Crippen molar-refractivity contribution in [2.75, 3.05) is 12.4 Å². The lowest BCUT2D eigenvalue weighted by atomic mass is 10.0. The first-order valence-corrected chi connectivity index (χ1v) is 11.2. The summed E-state index contributed by atoms with van der Waals surface area (Å²) >= 11 is 7.35. The maximum atomic E-state index is 10.5. The van der Waals surface area contributed by atoms with E-state index in [1.54, 1.807) is 24.3 Å². The second-order valence-electron chi connectivity index (χ2n) is 7.25. The van der Waals surface area contributed by atoms with Crippen molar-refractivity contribution >= 4 is 29.3 Å². The van der Waals surface area contributed by atoms with Crippen LogP contribution in [0.25, 0.3) is 0 Å². The van der Waals surface area contributed by atoms with E-state index in [2.05, 4.69) is 0 Å². The van der Waals surface area contributed by atoms with Crippen LogP contribution in [0.1, 0.15) is 32.1 Å².